The van der Waals surface area contributed by atoms with Crippen molar-refractivity contribution in [3.63, 3.8) is 0 Å². The first-order valence-corrected chi connectivity index (χ1v) is 14.6. The third-order valence-electron chi connectivity index (χ3n) is 8.05. The van der Waals surface area contributed by atoms with Crippen LogP contribution in [0.25, 0.3) is 0 Å². The molecule has 3 aliphatic rings. The molecule has 1 aromatic carbocycles. The average molecular weight is 601 g/mol. The Morgan fingerprint density at radius 3 is 2.64 bits per heavy atom. The SMILES string of the molecule is N#Cc1ncc(Br)c(N(CC2CCCC2)NC(=O)c2ccc(F)c(CN3CCC(N4CCOCC4)CC3)c2)n1. The number of hydrogen-bond donors (Lipinski definition) is 1. The minimum absolute atomic E-state index is 0.0281. The molecule has 1 N–H and O–H groups in total. The molecule has 9 nitrogen and oxygen atoms in total. The Kier molecular flexibility index (Phi) is 9.40. The van der Waals surface area contributed by atoms with E-state index in [9.17, 15) is 14.4 Å². The first-order valence-electron chi connectivity index (χ1n) is 13.8. The molecule has 0 radical (unpaired) electrons. The van der Waals surface area contributed by atoms with Gasteiger partial charge in [-0.15, -0.1) is 0 Å². The maximum Gasteiger partial charge on any atom is 0.269 e. The van der Waals surface area contributed by atoms with Crippen molar-refractivity contribution in [2.24, 2.45) is 5.92 Å². The van der Waals surface area contributed by atoms with Gasteiger partial charge in [-0.1, -0.05) is 12.8 Å². The topological polar surface area (TPSA) is 97.6 Å². The van der Waals surface area contributed by atoms with Gasteiger partial charge in [0.1, 0.15) is 11.9 Å². The second-order valence-electron chi connectivity index (χ2n) is 10.6. The van der Waals surface area contributed by atoms with E-state index in [1.165, 1.54) is 18.3 Å². The van der Waals surface area contributed by atoms with Crippen LogP contribution >= 0.6 is 15.9 Å². The minimum atomic E-state index is -0.343. The molecule has 2 aromatic rings. The minimum Gasteiger partial charge on any atom is -0.379 e. The van der Waals surface area contributed by atoms with Gasteiger partial charge in [0.25, 0.3) is 5.91 Å². The van der Waals surface area contributed by atoms with Gasteiger partial charge in [0.2, 0.25) is 5.82 Å². The van der Waals surface area contributed by atoms with E-state index in [2.05, 4.69) is 41.1 Å². The number of benzene rings is 1. The van der Waals surface area contributed by atoms with Crippen molar-refractivity contribution in [3.05, 3.63) is 51.6 Å². The Labute approximate surface area is 237 Å². The van der Waals surface area contributed by atoms with Crippen LogP contribution in [0.5, 0.6) is 0 Å². The molecule has 39 heavy (non-hydrogen) atoms. The maximum absolute atomic E-state index is 14.8. The lowest BCUT2D eigenvalue weighted by Crippen LogP contribution is -2.48. The quantitative estimate of drug-likeness (QED) is 0.456. The number of hydrogen-bond acceptors (Lipinski definition) is 8. The van der Waals surface area contributed by atoms with E-state index in [1.54, 1.807) is 11.1 Å². The molecule has 1 saturated carbocycles. The molecule has 11 heteroatoms. The van der Waals surface area contributed by atoms with Crippen LogP contribution < -0.4 is 10.4 Å². The molecular formula is C28H35BrFN7O2. The lowest BCUT2D eigenvalue weighted by Gasteiger charge is -2.40. The molecule has 208 valence electrons. The molecule has 0 bridgehead atoms. The first kappa shape index (κ1) is 27.9. The highest BCUT2D eigenvalue weighted by atomic mass is 79.9. The van der Waals surface area contributed by atoms with E-state index in [0.717, 1.165) is 77.9 Å². The van der Waals surface area contributed by atoms with Crippen molar-refractivity contribution >= 4 is 27.7 Å². The number of nitriles is 1. The Morgan fingerprint density at radius 2 is 1.92 bits per heavy atom. The Bertz CT molecular complexity index is 1190. The van der Waals surface area contributed by atoms with Crippen LogP contribution in [0, 0.1) is 23.1 Å². The number of ether oxygens (including phenoxy) is 1. The highest BCUT2D eigenvalue weighted by Gasteiger charge is 2.27. The van der Waals surface area contributed by atoms with E-state index in [1.807, 2.05) is 6.07 Å². The summed E-state index contributed by atoms with van der Waals surface area (Å²) in [6, 6.07) is 7.07. The zero-order chi connectivity index (χ0) is 27.2. The van der Waals surface area contributed by atoms with E-state index in [0.29, 0.717) is 46.5 Å². The van der Waals surface area contributed by atoms with Gasteiger partial charge >= 0.3 is 0 Å². The van der Waals surface area contributed by atoms with E-state index in [4.69, 9.17) is 4.74 Å². The summed E-state index contributed by atoms with van der Waals surface area (Å²) in [5.41, 5.74) is 3.88. The molecule has 5 rings (SSSR count). The highest BCUT2D eigenvalue weighted by Crippen LogP contribution is 2.29. The van der Waals surface area contributed by atoms with E-state index >= 15 is 0 Å². The summed E-state index contributed by atoms with van der Waals surface area (Å²) in [5.74, 6) is 0.223. The molecular weight excluding hydrogens is 565 g/mol. The van der Waals surface area contributed by atoms with Gasteiger partial charge in [-0.25, -0.2) is 9.37 Å². The fourth-order valence-electron chi connectivity index (χ4n) is 5.89. The lowest BCUT2D eigenvalue weighted by atomic mass is 10.0. The molecule has 0 unspecified atom stereocenters. The molecule has 2 saturated heterocycles. The van der Waals surface area contributed by atoms with Crippen LogP contribution in [0.4, 0.5) is 10.2 Å². The summed E-state index contributed by atoms with van der Waals surface area (Å²) in [6.45, 7) is 6.40. The van der Waals surface area contributed by atoms with Gasteiger partial charge in [-0.05, 0) is 78.8 Å². The maximum atomic E-state index is 14.8. The molecule has 1 amide bonds. The van der Waals surface area contributed by atoms with Gasteiger partial charge in [0.05, 0.1) is 17.7 Å². The Morgan fingerprint density at radius 1 is 1.18 bits per heavy atom. The molecule has 0 atom stereocenters. The van der Waals surface area contributed by atoms with Gasteiger partial charge in [0.15, 0.2) is 5.82 Å². The average Bonchev–Trinajstić information content (AvgIpc) is 3.48. The standard InChI is InChI=1S/C28H35BrFN7O2/c29-24-17-32-26(16-31)33-27(24)37(18-20-3-1-2-4-20)34-28(38)21-5-6-25(30)22(15-21)19-35-9-7-23(8-10-35)36-11-13-39-14-12-36/h5-6,15,17,20,23H,1-4,7-14,18-19H2,(H,34,38). The second kappa shape index (κ2) is 13.1. The van der Waals surface area contributed by atoms with Crippen molar-refractivity contribution in [1.82, 2.24) is 25.2 Å². The van der Waals surface area contributed by atoms with Crippen LogP contribution in [-0.4, -0.2) is 77.7 Å². The summed E-state index contributed by atoms with van der Waals surface area (Å²) < 4.78 is 20.9. The van der Waals surface area contributed by atoms with E-state index < -0.39 is 0 Å². The van der Waals surface area contributed by atoms with Crippen LogP contribution in [0.2, 0.25) is 0 Å². The normalized spacial score (nSPS) is 19.6. The number of carbonyl (C=O) groups is 1. The van der Waals surface area contributed by atoms with Gasteiger partial charge in [-0.2, -0.15) is 10.2 Å². The zero-order valence-corrected chi connectivity index (χ0v) is 23.7. The summed E-state index contributed by atoms with van der Waals surface area (Å²) in [5, 5.41) is 11.0. The summed E-state index contributed by atoms with van der Waals surface area (Å²) in [7, 11) is 0. The van der Waals surface area contributed by atoms with Crippen LogP contribution in [-0.2, 0) is 11.3 Å². The summed E-state index contributed by atoms with van der Waals surface area (Å²) >= 11 is 3.47. The number of aromatic nitrogens is 2. The largest absolute Gasteiger partial charge is 0.379 e. The number of piperidine rings is 1. The summed E-state index contributed by atoms with van der Waals surface area (Å²) in [6.07, 6.45) is 8.09. The smallest absolute Gasteiger partial charge is 0.269 e. The fourth-order valence-corrected chi connectivity index (χ4v) is 6.29. The molecule has 1 aliphatic carbocycles. The number of anilines is 1. The van der Waals surface area contributed by atoms with Crippen molar-refractivity contribution in [3.8, 4) is 6.07 Å². The fraction of sp³-hybridized carbons (Fsp3) is 0.571. The molecule has 1 aromatic heterocycles. The lowest BCUT2D eigenvalue weighted by molar-refractivity contribution is 0.000152. The number of carbonyl (C=O) groups excluding carboxylic acids is 1. The number of nitrogens with zero attached hydrogens (tertiary/aromatic N) is 6. The highest BCUT2D eigenvalue weighted by molar-refractivity contribution is 9.10. The van der Waals surface area contributed by atoms with Crippen molar-refractivity contribution in [2.45, 2.75) is 51.1 Å². The number of morpholine rings is 1. The predicted octanol–water partition coefficient (Wildman–Crippen LogP) is 3.89. The first-order chi connectivity index (χ1) is 19.0. The number of amides is 1. The zero-order valence-electron chi connectivity index (χ0n) is 22.1. The van der Waals surface area contributed by atoms with Crippen molar-refractivity contribution in [2.75, 3.05) is 50.9 Å². The van der Waals surface area contributed by atoms with Crippen LogP contribution in [0.3, 0.4) is 0 Å². The second-order valence-corrected chi connectivity index (χ2v) is 11.5. The van der Waals surface area contributed by atoms with E-state index in [-0.39, 0.29) is 17.5 Å². The van der Waals surface area contributed by atoms with Crippen molar-refractivity contribution in [1.29, 1.82) is 5.26 Å². The Hall–Kier alpha value is -2.65. The third kappa shape index (κ3) is 7.11. The third-order valence-corrected chi connectivity index (χ3v) is 8.61. The molecule has 0 spiro atoms. The monoisotopic (exact) mass is 599 g/mol. The number of hydrazine groups is 1. The van der Waals surface area contributed by atoms with Crippen LogP contribution in [0.15, 0.2) is 28.9 Å². The van der Waals surface area contributed by atoms with Gasteiger partial charge in [-0.3, -0.25) is 25.0 Å². The number of rotatable bonds is 8. The number of likely N-dealkylation sites (tertiary alicyclic amines) is 1. The summed E-state index contributed by atoms with van der Waals surface area (Å²) in [4.78, 5) is 26.5. The number of nitrogens with one attached hydrogen (secondary N) is 1. The Balaban J connectivity index is 1.26. The molecule has 3 heterocycles. The molecule has 2 aliphatic heterocycles. The number of halogens is 2. The predicted molar refractivity (Wildman–Crippen MR) is 148 cm³/mol. The van der Waals surface area contributed by atoms with Crippen LogP contribution in [0.1, 0.15) is 60.3 Å². The molecule has 3 fully saturated rings. The van der Waals surface area contributed by atoms with Gasteiger partial charge in [0, 0.05) is 49.5 Å². The van der Waals surface area contributed by atoms with Crippen molar-refractivity contribution < 1.29 is 13.9 Å². The van der Waals surface area contributed by atoms with Gasteiger partial charge < -0.3 is 4.74 Å².